The van der Waals surface area contributed by atoms with Crippen LogP contribution in [0, 0.1) is 0 Å². The fourth-order valence-electron chi connectivity index (χ4n) is 3.60. The van der Waals surface area contributed by atoms with Crippen LogP contribution in [0.2, 0.25) is 0 Å². The van der Waals surface area contributed by atoms with E-state index >= 15 is 0 Å². The molecule has 30 heavy (non-hydrogen) atoms. The molecule has 1 fully saturated rings. The molecule has 0 radical (unpaired) electrons. The van der Waals surface area contributed by atoms with Gasteiger partial charge >= 0.3 is 0 Å². The number of nitrogens with one attached hydrogen (secondary N) is 1. The summed E-state index contributed by atoms with van der Waals surface area (Å²) in [4.78, 5) is 27.4. The summed E-state index contributed by atoms with van der Waals surface area (Å²) in [6.07, 6.45) is 0.757. The Bertz CT molecular complexity index is 922. The summed E-state index contributed by atoms with van der Waals surface area (Å²) in [6.45, 7) is 2.05. The molecule has 0 spiro atoms. The van der Waals surface area contributed by atoms with Crippen molar-refractivity contribution < 1.29 is 23.8 Å². The number of rotatable bonds is 7. The van der Waals surface area contributed by atoms with Gasteiger partial charge in [-0.15, -0.1) is 0 Å². The molecule has 2 aromatic carbocycles. The van der Waals surface area contributed by atoms with Crippen LogP contribution >= 0.6 is 15.9 Å². The van der Waals surface area contributed by atoms with Crippen LogP contribution in [-0.4, -0.2) is 43.6 Å². The number of hydrogen-bond acceptors (Lipinski definition) is 5. The van der Waals surface area contributed by atoms with Crippen LogP contribution in [0.15, 0.2) is 40.9 Å². The van der Waals surface area contributed by atoms with Crippen LogP contribution in [0.4, 0.5) is 5.69 Å². The zero-order valence-electron chi connectivity index (χ0n) is 17.5. The van der Waals surface area contributed by atoms with Gasteiger partial charge in [0.05, 0.1) is 21.3 Å². The van der Waals surface area contributed by atoms with Crippen molar-refractivity contribution in [3.8, 4) is 17.2 Å². The molecule has 0 saturated carbocycles. The van der Waals surface area contributed by atoms with Crippen LogP contribution < -0.4 is 19.5 Å². The first-order valence-electron chi connectivity index (χ1n) is 9.48. The molecule has 3 rings (SSSR count). The van der Waals surface area contributed by atoms with Crippen molar-refractivity contribution in [2.24, 2.45) is 0 Å². The van der Waals surface area contributed by atoms with Gasteiger partial charge in [0, 0.05) is 23.1 Å². The number of nitrogens with zero attached hydrogens (tertiary/aromatic N) is 1. The highest BCUT2D eigenvalue weighted by molar-refractivity contribution is 9.10. The van der Waals surface area contributed by atoms with E-state index in [1.54, 1.807) is 24.0 Å². The zero-order chi connectivity index (χ0) is 21.9. The maximum absolute atomic E-state index is 13.1. The Labute approximate surface area is 184 Å². The van der Waals surface area contributed by atoms with Crippen molar-refractivity contribution in [1.29, 1.82) is 0 Å². The van der Waals surface area contributed by atoms with Crippen molar-refractivity contribution in [1.82, 2.24) is 4.90 Å². The average molecular weight is 477 g/mol. The average Bonchev–Trinajstić information content (AvgIpc) is 3.04. The van der Waals surface area contributed by atoms with E-state index in [4.69, 9.17) is 14.2 Å². The van der Waals surface area contributed by atoms with Gasteiger partial charge in [-0.1, -0.05) is 15.9 Å². The molecule has 160 valence electrons. The third-order valence-electron chi connectivity index (χ3n) is 5.38. The van der Waals surface area contributed by atoms with E-state index in [1.165, 1.54) is 21.3 Å². The predicted molar refractivity (Wildman–Crippen MR) is 117 cm³/mol. The van der Waals surface area contributed by atoms with Gasteiger partial charge in [0.2, 0.25) is 17.6 Å². The van der Waals surface area contributed by atoms with Crippen molar-refractivity contribution in [3.05, 3.63) is 46.4 Å². The van der Waals surface area contributed by atoms with Crippen LogP contribution in [0.5, 0.6) is 17.2 Å². The topological polar surface area (TPSA) is 77.1 Å². The van der Waals surface area contributed by atoms with Gasteiger partial charge in [-0.2, -0.15) is 0 Å². The molecular formula is C22H25BrN2O5. The summed E-state index contributed by atoms with van der Waals surface area (Å²) in [5.74, 6) is 1.19. The smallest absolute Gasteiger partial charge is 0.250 e. The Morgan fingerprint density at radius 3 is 2.23 bits per heavy atom. The summed E-state index contributed by atoms with van der Waals surface area (Å²) < 4.78 is 17.1. The Hall–Kier alpha value is -2.74. The molecule has 2 aromatic rings. The van der Waals surface area contributed by atoms with E-state index in [-0.39, 0.29) is 18.4 Å². The molecule has 1 aliphatic heterocycles. The standard InChI is InChI=1S/C22H25BrN2O5/c1-22(21(27)24-16-7-5-15(23)6-8-16)10-9-19(26)25(22)13-14-11-17(28-2)20(30-4)18(12-14)29-3/h5-8,11-12H,9-10,13H2,1-4H3,(H,24,27). The number of halogens is 1. The van der Waals surface area contributed by atoms with Gasteiger partial charge in [0.15, 0.2) is 11.5 Å². The number of methoxy groups -OCH3 is 3. The van der Waals surface area contributed by atoms with Gasteiger partial charge in [0.1, 0.15) is 5.54 Å². The molecule has 1 heterocycles. The maximum Gasteiger partial charge on any atom is 0.250 e. The zero-order valence-corrected chi connectivity index (χ0v) is 19.0. The van der Waals surface area contributed by atoms with Crippen LogP contribution in [0.3, 0.4) is 0 Å². The monoisotopic (exact) mass is 476 g/mol. The molecular weight excluding hydrogens is 452 g/mol. The molecule has 1 unspecified atom stereocenters. The SMILES string of the molecule is COc1cc(CN2C(=O)CCC2(C)C(=O)Nc2ccc(Br)cc2)cc(OC)c1OC. The third kappa shape index (κ3) is 4.23. The quantitative estimate of drug-likeness (QED) is 0.653. The minimum Gasteiger partial charge on any atom is -0.493 e. The third-order valence-corrected chi connectivity index (χ3v) is 5.91. The molecule has 8 heteroatoms. The predicted octanol–water partition coefficient (Wildman–Crippen LogP) is 3.99. The lowest BCUT2D eigenvalue weighted by atomic mass is 9.96. The first kappa shape index (κ1) is 22.0. The Balaban J connectivity index is 1.87. The number of hydrogen-bond donors (Lipinski definition) is 1. The minimum absolute atomic E-state index is 0.0720. The Morgan fingerprint density at radius 1 is 1.10 bits per heavy atom. The first-order valence-corrected chi connectivity index (χ1v) is 10.3. The van der Waals surface area contributed by atoms with E-state index in [0.29, 0.717) is 35.8 Å². The van der Waals surface area contributed by atoms with E-state index in [1.807, 2.05) is 24.3 Å². The van der Waals surface area contributed by atoms with Gasteiger partial charge in [0.25, 0.3) is 0 Å². The summed E-state index contributed by atoms with van der Waals surface area (Å²) in [5, 5.41) is 2.93. The van der Waals surface area contributed by atoms with Crippen LogP contribution in [-0.2, 0) is 16.1 Å². The normalized spacial score (nSPS) is 18.3. The van der Waals surface area contributed by atoms with E-state index < -0.39 is 5.54 Å². The van der Waals surface area contributed by atoms with Gasteiger partial charge in [-0.05, 0) is 55.3 Å². The Kier molecular flexibility index (Phi) is 6.55. The minimum atomic E-state index is -0.968. The van der Waals surface area contributed by atoms with Gasteiger partial charge in [-0.3, -0.25) is 9.59 Å². The van der Waals surface area contributed by atoms with Gasteiger partial charge in [-0.25, -0.2) is 0 Å². The van der Waals surface area contributed by atoms with E-state index in [0.717, 1.165) is 10.0 Å². The Morgan fingerprint density at radius 2 is 1.70 bits per heavy atom. The molecule has 1 aliphatic rings. The van der Waals surface area contributed by atoms with Crippen molar-refractivity contribution in [2.75, 3.05) is 26.6 Å². The second-order valence-electron chi connectivity index (χ2n) is 7.25. The van der Waals surface area contributed by atoms with Crippen molar-refractivity contribution >= 4 is 33.4 Å². The number of carbonyl (C=O) groups is 2. The highest BCUT2D eigenvalue weighted by Gasteiger charge is 2.47. The largest absolute Gasteiger partial charge is 0.493 e. The van der Waals surface area contributed by atoms with Crippen molar-refractivity contribution in [2.45, 2.75) is 31.8 Å². The van der Waals surface area contributed by atoms with Crippen LogP contribution in [0.1, 0.15) is 25.3 Å². The number of likely N-dealkylation sites (tertiary alicyclic amines) is 1. The number of amides is 2. The lowest BCUT2D eigenvalue weighted by molar-refractivity contribution is -0.138. The number of benzene rings is 2. The maximum atomic E-state index is 13.1. The van der Waals surface area contributed by atoms with Crippen molar-refractivity contribution in [3.63, 3.8) is 0 Å². The summed E-state index contributed by atoms with van der Waals surface area (Å²) in [6, 6.07) is 10.9. The van der Waals surface area contributed by atoms with Gasteiger partial charge < -0.3 is 24.4 Å². The molecule has 0 aliphatic carbocycles. The molecule has 0 bridgehead atoms. The molecule has 1 atom stereocenters. The summed E-state index contributed by atoms with van der Waals surface area (Å²) in [5.41, 5.74) is 0.490. The molecule has 1 saturated heterocycles. The molecule has 1 N–H and O–H groups in total. The molecule has 2 amide bonds. The second-order valence-corrected chi connectivity index (χ2v) is 8.16. The first-order chi connectivity index (χ1) is 14.3. The highest BCUT2D eigenvalue weighted by atomic mass is 79.9. The summed E-state index contributed by atoms with van der Waals surface area (Å²) >= 11 is 3.38. The van der Waals surface area contributed by atoms with Crippen LogP contribution in [0.25, 0.3) is 0 Å². The van der Waals surface area contributed by atoms with E-state index in [2.05, 4.69) is 21.2 Å². The fraction of sp³-hybridized carbons (Fsp3) is 0.364. The molecule has 7 nitrogen and oxygen atoms in total. The lowest BCUT2D eigenvalue weighted by Crippen LogP contribution is -2.51. The lowest BCUT2D eigenvalue weighted by Gasteiger charge is -2.34. The second kappa shape index (κ2) is 8.95. The fourth-order valence-corrected chi connectivity index (χ4v) is 3.87. The number of ether oxygens (including phenoxy) is 3. The number of carbonyl (C=O) groups excluding carboxylic acids is 2. The summed E-state index contributed by atoms with van der Waals surface area (Å²) in [7, 11) is 4.61. The molecule has 0 aromatic heterocycles. The number of anilines is 1. The van der Waals surface area contributed by atoms with E-state index in [9.17, 15) is 9.59 Å². The highest BCUT2D eigenvalue weighted by Crippen LogP contribution is 2.40.